The molecule has 16 heavy (non-hydrogen) atoms. The fraction of sp³-hybridized carbons (Fsp3) is 0.538. The van der Waals surface area contributed by atoms with E-state index in [0.717, 1.165) is 12.0 Å². The lowest BCUT2D eigenvalue weighted by Gasteiger charge is -2.30. The van der Waals surface area contributed by atoms with Gasteiger partial charge in [0.05, 0.1) is 6.10 Å². The highest BCUT2D eigenvalue weighted by Crippen LogP contribution is 2.34. The van der Waals surface area contributed by atoms with Gasteiger partial charge in [0.2, 0.25) is 0 Å². The highest BCUT2D eigenvalue weighted by atomic mass is 32.2. The number of rotatable bonds is 3. The molecule has 0 aromatic heterocycles. The summed E-state index contributed by atoms with van der Waals surface area (Å²) >= 11 is 1.90. The van der Waals surface area contributed by atoms with Gasteiger partial charge in [0.15, 0.2) is 0 Å². The summed E-state index contributed by atoms with van der Waals surface area (Å²) in [5.41, 5.74) is 2.11. The number of likely N-dealkylation sites (N-methyl/N-ethyl adjacent to an activating group) is 1. The van der Waals surface area contributed by atoms with Gasteiger partial charge in [-0.2, -0.15) is 0 Å². The van der Waals surface area contributed by atoms with E-state index >= 15 is 0 Å². The summed E-state index contributed by atoms with van der Waals surface area (Å²) in [6, 6.07) is 6.33. The molecule has 2 N–H and O–H groups in total. The Hall–Kier alpha value is -0.510. The third kappa shape index (κ3) is 2.12. The van der Waals surface area contributed by atoms with Crippen LogP contribution in [0.3, 0.4) is 0 Å². The molecule has 0 saturated carbocycles. The molecule has 0 spiro atoms. The molecule has 88 valence electrons. The van der Waals surface area contributed by atoms with Crippen molar-refractivity contribution in [3.8, 4) is 0 Å². The van der Waals surface area contributed by atoms with Crippen LogP contribution in [0, 0.1) is 0 Å². The van der Waals surface area contributed by atoms with Crippen molar-refractivity contribution in [2.45, 2.75) is 36.8 Å². The lowest BCUT2D eigenvalue weighted by molar-refractivity contribution is 0.0854. The first-order valence-corrected chi connectivity index (χ1v) is 6.66. The second kappa shape index (κ2) is 4.40. The Morgan fingerprint density at radius 3 is 2.88 bits per heavy atom. The number of hydrogen-bond donors (Lipinski definition) is 2. The number of fused-ring (bicyclic) bond motifs is 1. The summed E-state index contributed by atoms with van der Waals surface area (Å²) in [4.78, 5) is 1.37. The lowest BCUT2D eigenvalue weighted by Crippen LogP contribution is -2.42. The predicted molar refractivity (Wildman–Crippen MR) is 69.0 cm³/mol. The van der Waals surface area contributed by atoms with Gasteiger partial charge in [0.1, 0.15) is 0 Å². The average molecular weight is 237 g/mol. The predicted octanol–water partition coefficient (Wildman–Crippen LogP) is 2.37. The molecule has 0 fully saturated rings. The van der Waals surface area contributed by atoms with Crippen molar-refractivity contribution < 1.29 is 5.11 Å². The van der Waals surface area contributed by atoms with Gasteiger partial charge in [-0.1, -0.05) is 12.1 Å². The van der Waals surface area contributed by atoms with Crippen LogP contribution in [-0.2, 0) is 6.42 Å². The van der Waals surface area contributed by atoms with E-state index in [1.54, 1.807) is 0 Å². The summed E-state index contributed by atoms with van der Waals surface area (Å²) in [6.45, 7) is 4.03. The van der Waals surface area contributed by atoms with E-state index in [1.165, 1.54) is 16.2 Å². The number of aliphatic hydroxyl groups excluding tert-OH is 1. The van der Waals surface area contributed by atoms with E-state index in [9.17, 15) is 5.11 Å². The maximum atomic E-state index is 10.3. The van der Waals surface area contributed by atoms with Crippen LogP contribution >= 0.6 is 11.8 Å². The Kier molecular flexibility index (Phi) is 3.29. The van der Waals surface area contributed by atoms with Crippen molar-refractivity contribution >= 4 is 11.8 Å². The van der Waals surface area contributed by atoms with Crippen molar-refractivity contribution in [1.82, 2.24) is 5.32 Å². The minimum absolute atomic E-state index is 0.292. The molecule has 1 atom stereocenters. The highest BCUT2D eigenvalue weighted by Gasteiger charge is 2.27. The van der Waals surface area contributed by atoms with Crippen LogP contribution in [-0.4, -0.2) is 23.4 Å². The van der Waals surface area contributed by atoms with Crippen molar-refractivity contribution in [3.05, 3.63) is 29.3 Å². The average Bonchev–Trinajstić information content (AvgIpc) is 2.74. The van der Waals surface area contributed by atoms with Crippen LogP contribution in [0.15, 0.2) is 23.1 Å². The molecule has 0 saturated heterocycles. The number of aryl methyl sites for hydroxylation is 1. The standard InChI is InChI=1S/C13H19NOS/c1-13(2,14-3)12(15)10-4-5-11-9(8-10)6-7-16-11/h4-5,8,12,14-15H,6-7H2,1-3H3. The van der Waals surface area contributed by atoms with Crippen LogP contribution in [0.2, 0.25) is 0 Å². The van der Waals surface area contributed by atoms with Crippen molar-refractivity contribution in [1.29, 1.82) is 0 Å². The second-order valence-corrected chi connectivity index (χ2v) is 5.98. The smallest absolute Gasteiger partial charge is 0.0966 e. The molecule has 0 aliphatic carbocycles. The topological polar surface area (TPSA) is 32.3 Å². The summed E-state index contributed by atoms with van der Waals surface area (Å²) in [6.07, 6.45) is 0.661. The Labute approximate surface area is 101 Å². The molecule has 0 bridgehead atoms. The quantitative estimate of drug-likeness (QED) is 0.846. The Bertz CT molecular complexity index is 390. The van der Waals surface area contributed by atoms with Crippen LogP contribution in [0.1, 0.15) is 31.1 Å². The molecule has 2 rings (SSSR count). The summed E-state index contributed by atoms with van der Waals surface area (Å²) in [5.74, 6) is 1.17. The number of thioether (sulfide) groups is 1. The molecule has 2 nitrogen and oxygen atoms in total. The van der Waals surface area contributed by atoms with Crippen LogP contribution in [0.5, 0.6) is 0 Å². The van der Waals surface area contributed by atoms with Crippen molar-refractivity contribution in [2.75, 3.05) is 12.8 Å². The van der Waals surface area contributed by atoms with E-state index in [4.69, 9.17) is 0 Å². The largest absolute Gasteiger partial charge is 0.387 e. The molecule has 1 heterocycles. The minimum Gasteiger partial charge on any atom is -0.387 e. The van der Waals surface area contributed by atoms with Crippen molar-refractivity contribution in [2.24, 2.45) is 0 Å². The van der Waals surface area contributed by atoms with Gasteiger partial charge in [-0.3, -0.25) is 0 Å². The van der Waals surface area contributed by atoms with Crippen LogP contribution in [0.4, 0.5) is 0 Å². The van der Waals surface area contributed by atoms with E-state index in [-0.39, 0.29) is 5.54 Å². The molecular formula is C13H19NOS. The van der Waals surface area contributed by atoms with Gasteiger partial charge in [-0.25, -0.2) is 0 Å². The van der Waals surface area contributed by atoms with E-state index < -0.39 is 6.10 Å². The summed E-state index contributed by atoms with van der Waals surface area (Å²) in [5, 5.41) is 13.5. The number of benzene rings is 1. The highest BCUT2D eigenvalue weighted by molar-refractivity contribution is 7.99. The Balaban J connectivity index is 2.28. The van der Waals surface area contributed by atoms with Crippen LogP contribution < -0.4 is 5.32 Å². The zero-order chi connectivity index (χ0) is 11.8. The van der Waals surface area contributed by atoms with Gasteiger partial charge >= 0.3 is 0 Å². The maximum Gasteiger partial charge on any atom is 0.0966 e. The summed E-state index contributed by atoms with van der Waals surface area (Å²) in [7, 11) is 1.88. The zero-order valence-corrected chi connectivity index (χ0v) is 10.9. The van der Waals surface area contributed by atoms with Gasteiger partial charge in [0, 0.05) is 16.2 Å². The van der Waals surface area contributed by atoms with Gasteiger partial charge in [-0.15, -0.1) is 11.8 Å². The molecule has 1 aromatic rings. The lowest BCUT2D eigenvalue weighted by atomic mass is 9.90. The molecule has 1 aliphatic heterocycles. The van der Waals surface area contributed by atoms with E-state index in [0.29, 0.717) is 0 Å². The Morgan fingerprint density at radius 2 is 2.19 bits per heavy atom. The van der Waals surface area contributed by atoms with Gasteiger partial charge in [-0.05, 0) is 44.5 Å². The first-order valence-electron chi connectivity index (χ1n) is 5.67. The Morgan fingerprint density at radius 1 is 1.44 bits per heavy atom. The molecular weight excluding hydrogens is 218 g/mol. The maximum absolute atomic E-state index is 10.3. The van der Waals surface area contributed by atoms with Gasteiger partial charge < -0.3 is 10.4 Å². The van der Waals surface area contributed by atoms with E-state index in [2.05, 4.69) is 17.4 Å². The van der Waals surface area contributed by atoms with E-state index in [1.807, 2.05) is 38.7 Å². The monoisotopic (exact) mass is 237 g/mol. The third-order valence-electron chi connectivity index (χ3n) is 3.36. The number of hydrogen-bond acceptors (Lipinski definition) is 3. The first-order chi connectivity index (χ1) is 7.54. The fourth-order valence-corrected chi connectivity index (χ4v) is 2.98. The van der Waals surface area contributed by atoms with Crippen LogP contribution in [0.25, 0.3) is 0 Å². The minimum atomic E-state index is -0.464. The molecule has 0 radical (unpaired) electrons. The number of aliphatic hydroxyl groups is 1. The molecule has 0 amide bonds. The number of nitrogens with one attached hydrogen (secondary N) is 1. The van der Waals surface area contributed by atoms with Crippen molar-refractivity contribution in [3.63, 3.8) is 0 Å². The summed E-state index contributed by atoms with van der Waals surface area (Å²) < 4.78 is 0. The fourth-order valence-electron chi connectivity index (χ4n) is 1.93. The molecule has 1 aliphatic rings. The first kappa shape index (κ1) is 12.0. The SMILES string of the molecule is CNC(C)(C)C(O)c1ccc2c(c1)CCS2. The molecule has 3 heteroatoms. The molecule has 1 aromatic carbocycles. The molecule has 1 unspecified atom stereocenters. The van der Waals surface area contributed by atoms with Gasteiger partial charge in [0.25, 0.3) is 0 Å². The normalized spacial score (nSPS) is 17.2. The third-order valence-corrected chi connectivity index (χ3v) is 4.47. The zero-order valence-electron chi connectivity index (χ0n) is 10.1. The second-order valence-electron chi connectivity index (χ2n) is 4.84.